The Labute approximate surface area is 434 Å². The number of benzene rings is 5. The van der Waals surface area contributed by atoms with E-state index < -0.39 is 68.9 Å². The fraction of sp³-hybridized carbons (Fsp3) is 0.377. The predicted octanol–water partition coefficient (Wildman–Crippen LogP) is 8.01. The number of rotatable bonds is 22. The van der Waals surface area contributed by atoms with Crippen LogP contribution in [0, 0.1) is 0 Å². The van der Waals surface area contributed by atoms with Gasteiger partial charge in [-0.25, -0.2) is 0 Å². The minimum atomic E-state index is -4.61. The van der Waals surface area contributed by atoms with Crippen molar-refractivity contribution in [1.82, 2.24) is 5.32 Å². The molecule has 7 N–H and O–H groups in total. The number of hydrogen-bond donors (Lipinski definition) is 6. The van der Waals surface area contributed by atoms with Gasteiger partial charge in [-0.3, -0.25) is 23.0 Å². The highest BCUT2D eigenvalue weighted by molar-refractivity contribution is 7.86. The van der Waals surface area contributed by atoms with E-state index in [0.717, 1.165) is 44.9 Å². The van der Waals surface area contributed by atoms with Crippen molar-refractivity contribution in [2.45, 2.75) is 99.3 Å². The SMILES string of the molecule is CC1(C)\C(=C/C=C(/C=C/C2N(CCCCS(=O)(=O)O)c3ccc4c(S(=O)(=O)O)cccc4c3C2(C)C)c2ccc(CCC(=O)NCCCN)cc2)N(CCCCS(=O)(=O)O)c2ccc3c(S(=O)(=O)O)cccc3c21. The molecule has 0 aromatic heterocycles. The second kappa shape index (κ2) is 22.0. The average Bonchev–Trinajstić information content (AvgIpc) is 3.67. The molecule has 1 atom stereocenters. The lowest BCUT2D eigenvalue weighted by atomic mass is 9.78. The number of carbonyl (C=O) groups is 1. The van der Waals surface area contributed by atoms with Gasteiger partial charge in [0.05, 0.1) is 17.5 Å². The van der Waals surface area contributed by atoms with Crippen LogP contribution in [-0.2, 0) is 62.5 Å². The van der Waals surface area contributed by atoms with Gasteiger partial charge >= 0.3 is 0 Å². The van der Waals surface area contributed by atoms with Gasteiger partial charge in [-0.1, -0.05) is 107 Å². The summed E-state index contributed by atoms with van der Waals surface area (Å²) in [5.41, 5.74) is 10.4. The Morgan fingerprint density at radius 3 is 1.77 bits per heavy atom. The highest BCUT2D eigenvalue weighted by Gasteiger charge is 2.45. The molecule has 74 heavy (non-hydrogen) atoms. The highest BCUT2D eigenvalue weighted by atomic mass is 32.2. The molecule has 17 nitrogen and oxygen atoms in total. The molecule has 0 saturated heterocycles. The molecule has 398 valence electrons. The van der Waals surface area contributed by atoms with Crippen LogP contribution < -0.4 is 20.9 Å². The van der Waals surface area contributed by atoms with Crippen molar-refractivity contribution in [2.24, 2.45) is 5.73 Å². The third kappa shape index (κ3) is 12.6. The summed E-state index contributed by atoms with van der Waals surface area (Å²) in [5, 5.41) is 4.75. The first kappa shape index (κ1) is 56.2. The van der Waals surface area contributed by atoms with E-state index in [1.807, 2.05) is 76.3 Å². The molecule has 2 heterocycles. The van der Waals surface area contributed by atoms with Gasteiger partial charge in [0.1, 0.15) is 9.79 Å². The van der Waals surface area contributed by atoms with E-state index in [1.165, 1.54) is 12.1 Å². The minimum absolute atomic E-state index is 0.0907. The van der Waals surface area contributed by atoms with Crippen molar-refractivity contribution >= 4 is 84.9 Å². The van der Waals surface area contributed by atoms with E-state index in [1.54, 1.807) is 48.5 Å². The molecule has 2 aliphatic heterocycles. The van der Waals surface area contributed by atoms with Crippen molar-refractivity contribution in [3.63, 3.8) is 0 Å². The largest absolute Gasteiger partial charge is 0.364 e. The van der Waals surface area contributed by atoms with Crippen LogP contribution in [0.1, 0.15) is 88.5 Å². The second-order valence-corrected chi connectivity index (χ2v) is 25.8. The third-order valence-electron chi connectivity index (χ3n) is 14.0. The molecule has 1 amide bonds. The summed E-state index contributed by atoms with van der Waals surface area (Å²) in [6.07, 6.45) is 10.4. The molecular weight excluding hydrogens is 1030 g/mol. The topological polar surface area (TPSA) is 279 Å². The Kier molecular flexibility index (Phi) is 16.7. The van der Waals surface area contributed by atoms with Crippen molar-refractivity contribution in [2.75, 3.05) is 47.5 Å². The molecule has 5 aromatic carbocycles. The first-order valence-electron chi connectivity index (χ1n) is 24.3. The van der Waals surface area contributed by atoms with Crippen LogP contribution in [-0.4, -0.2) is 102 Å². The first-order valence-corrected chi connectivity index (χ1v) is 30.4. The average molecular weight is 1090 g/mol. The molecule has 21 heteroatoms. The van der Waals surface area contributed by atoms with E-state index in [9.17, 15) is 56.7 Å². The molecule has 1 unspecified atom stereocenters. The highest BCUT2D eigenvalue weighted by Crippen LogP contribution is 2.52. The quantitative estimate of drug-likeness (QED) is 0.0217. The summed E-state index contributed by atoms with van der Waals surface area (Å²) in [5.74, 6) is -0.961. The number of aryl methyl sites for hydroxylation is 1. The Morgan fingerprint density at radius 1 is 0.662 bits per heavy atom. The molecule has 7 rings (SSSR count). The number of amides is 1. The van der Waals surface area contributed by atoms with Gasteiger partial charge in [0, 0.05) is 64.7 Å². The second-order valence-electron chi connectivity index (χ2n) is 19.9. The van der Waals surface area contributed by atoms with Crippen LogP contribution in [0.15, 0.2) is 125 Å². The Hall–Kier alpha value is -5.49. The van der Waals surface area contributed by atoms with Crippen LogP contribution in [0.2, 0.25) is 0 Å². The van der Waals surface area contributed by atoms with E-state index in [0.29, 0.717) is 73.4 Å². The number of nitrogens with one attached hydrogen (secondary N) is 1. The molecule has 0 saturated carbocycles. The van der Waals surface area contributed by atoms with Crippen molar-refractivity contribution in [3.05, 3.63) is 137 Å². The number of unbranched alkanes of at least 4 members (excludes halogenated alkanes) is 2. The van der Waals surface area contributed by atoms with E-state index >= 15 is 0 Å². The number of hydrogen-bond acceptors (Lipinski definition) is 12. The van der Waals surface area contributed by atoms with Gasteiger partial charge in [-0.2, -0.15) is 33.7 Å². The molecule has 0 spiro atoms. The Morgan fingerprint density at radius 2 is 1.22 bits per heavy atom. The molecule has 0 bridgehead atoms. The predicted molar refractivity (Wildman–Crippen MR) is 290 cm³/mol. The lowest BCUT2D eigenvalue weighted by Crippen LogP contribution is -2.40. The maximum absolute atomic E-state index is 12.6. The number of anilines is 2. The van der Waals surface area contributed by atoms with E-state index in [4.69, 9.17) is 5.73 Å². The normalized spacial score (nSPS) is 17.4. The lowest BCUT2D eigenvalue weighted by molar-refractivity contribution is -0.121. The zero-order chi connectivity index (χ0) is 54.0. The summed E-state index contributed by atoms with van der Waals surface area (Å²) in [7, 11) is -17.7. The monoisotopic (exact) mass is 1090 g/mol. The number of fused-ring (bicyclic) bond motifs is 6. The van der Waals surface area contributed by atoms with Gasteiger partial charge in [0.15, 0.2) is 0 Å². The summed E-state index contributed by atoms with van der Waals surface area (Å²) < 4.78 is 137. The van der Waals surface area contributed by atoms with Crippen molar-refractivity contribution in [3.8, 4) is 0 Å². The molecule has 2 aliphatic rings. The number of nitrogens with two attached hydrogens (primary N) is 1. The minimum Gasteiger partial charge on any atom is -0.364 e. The fourth-order valence-electron chi connectivity index (χ4n) is 10.6. The van der Waals surface area contributed by atoms with Crippen LogP contribution in [0.25, 0.3) is 27.1 Å². The zero-order valence-corrected chi connectivity index (χ0v) is 45.0. The van der Waals surface area contributed by atoms with Crippen LogP contribution >= 0.6 is 0 Å². The Bertz CT molecular complexity index is 3520. The van der Waals surface area contributed by atoms with Gasteiger partial charge < -0.3 is 20.9 Å². The number of nitrogens with zero attached hydrogens (tertiary/aromatic N) is 2. The maximum atomic E-state index is 12.6. The summed E-state index contributed by atoms with van der Waals surface area (Å²) in [6.45, 7) is 9.68. The molecule has 0 aliphatic carbocycles. The molecular formula is C53H64N4O13S4. The summed E-state index contributed by atoms with van der Waals surface area (Å²) in [4.78, 5) is 16.3. The third-order valence-corrected chi connectivity index (χ3v) is 17.5. The van der Waals surface area contributed by atoms with Gasteiger partial charge in [0.25, 0.3) is 40.5 Å². The van der Waals surface area contributed by atoms with Gasteiger partial charge in [-0.15, -0.1) is 0 Å². The zero-order valence-electron chi connectivity index (χ0n) is 41.7. The number of carbonyl (C=O) groups excluding carboxylic acids is 1. The van der Waals surface area contributed by atoms with Crippen LogP contribution in [0.5, 0.6) is 0 Å². The van der Waals surface area contributed by atoms with Crippen molar-refractivity contribution in [1.29, 1.82) is 0 Å². The molecule has 5 aromatic rings. The van der Waals surface area contributed by atoms with E-state index in [-0.39, 0.29) is 35.0 Å². The summed E-state index contributed by atoms with van der Waals surface area (Å²) in [6, 6.07) is 23.7. The van der Waals surface area contributed by atoms with Gasteiger partial charge in [-0.05, 0) is 114 Å². The van der Waals surface area contributed by atoms with E-state index in [2.05, 4.69) is 15.1 Å². The molecule has 0 fully saturated rings. The smallest absolute Gasteiger partial charge is 0.295 e. The summed E-state index contributed by atoms with van der Waals surface area (Å²) >= 11 is 0. The molecule has 0 radical (unpaired) electrons. The standard InChI is InChI=1S/C53H64N4O13S4/c1-52(2)47(56(32-5-7-34-71(59,60)61)43-25-23-39-41(50(43)52)12-9-14-45(39)73(65,66)67)27-21-38(37-19-16-36(17-20-37)18-29-49(58)55-31-11-30-54)22-28-48-53(3,4)51-42-13-10-15-46(74(68,69)70)40(42)24-26-44(51)57(48)33-6-8-35-72(62,63)64/h9-10,12-17,19-28,47H,5-8,11,18,29-35,54H2,1-4H3,(H,55,58)(H,59,60,61)(H,62,63,64)(H,65,66,67)(H,68,69,70)/b27-21+,38-22-,48-28+. The fourth-order valence-corrected chi connectivity index (χ4v) is 13.1. The maximum Gasteiger partial charge on any atom is 0.295 e. The van der Waals surface area contributed by atoms with Crippen molar-refractivity contribution < 1.29 is 56.7 Å². The van der Waals surface area contributed by atoms with Crippen LogP contribution in [0.4, 0.5) is 11.4 Å². The first-order chi connectivity index (χ1) is 34.6. The lowest BCUT2D eigenvalue weighted by Gasteiger charge is -2.33. The Balaban J connectivity index is 1.37. The van der Waals surface area contributed by atoms with Gasteiger partial charge in [0.2, 0.25) is 5.91 Å². The number of allylic oxidation sites excluding steroid dienone is 5. The van der Waals surface area contributed by atoms with Crippen LogP contribution in [0.3, 0.4) is 0 Å².